The lowest BCUT2D eigenvalue weighted by molar-refractivity contribution is -0.270. The van der Waals surface area contributed by atoms with Crippen molar-refractivity contribution in [2.75, 3.05) is 6.61 Å². The van der Waals surface area contributed by atoms with Crippen LogP contribution in [-0.4, -0.2) is 67.0 Å². The van der Waals surface area contributed by atoms with Gasteiger partial charge in [0.2, 0.25) is 6.29 Å². The highest BCUT2D eigenvalue weighted by molar-refractivity contribution is 5.94. The van der Waals surface area contributed by atoms with Crippen LogP contribution in [-0.2, 0) is 55.9 Å². The molecule has 0 aliphatic carbocycles. The molecule has 1 N–H and O–H groups in total. The lowest BCUT2D eigenvalue weighted by Crippen LogP contribution is -2.67. The van der Waals surface area contributed by atoms with Crippen LogP contribution in [0.1, 0.15) is 42.3 Å². The topological polar surface area (TPSA) is 153 Å². The zero-order chi connectivity index (χ0) is 33.1. The minimum absolute atomic E-state index is 0.133. The molecule has 0 aromatic heterocycles. The molecule has 0 spiro atoms. The molecule has 1 heterocycles. The quantitative estimate of drug-likeness (QED) is 0.231. The number of rotatable bonds is 12. The van der Waals surface area contributed by atoms with Gasteiger partial charge in [-0.05, 0) is 35.4 Å². The molecule has 0 saturated carbocycles. The Labute approximate surface area is 265 Å². The number of esters is 4. The molecule has 0 radical (unpaired) electrons. The smallest absolute Gasteiger partial charge is 0.312 e. The molecule has 0 unspecified atom stereocenters. The first-order valence-corrected chi connectivity index (χ1v) is 14.5. The Kier molecular flexibility index (Phi) is 11.8. The van der Waals surface area contributed by atoms with Crippen LogP contribution in [0.5, 0.6) is 5.75 Å². The molecule has 1 fully saturated rings. The molecular formula is C34H35NO11. The summed E-state index contributed by atoms with van der Waals surface area (Å²) in [5.74, 6) is -3.01. The third-order valence-corrected chi connectivity index (χ3v) is 6.80. The zero-order valence-electron chi connectivity index (χ0n) is 25.6. The molecule has 242 valence electrons. The van der Waals surface area contributed by atoms with E-state index >= 15 is 0 Å². The summed E-state index contributed by atoms with van der Waals surface area (Å²) in [4.78, 5) is 62.5. The number of benzene rings is 3. The van der Waals surface area contributed by atoms with Crippen molar-refractivity contribution in [1.82, 2.24) is 5.32 Å². The number of nitrogens with one attached hydrogen (secondary N) is 1. The Morgan fingerprint density at radius 1 is 0.696 bits per heavy atom. The van der Waals surface area contributed by atoms with E-state index in [-0.39, 0.29) is 12.0 Å². The van der Waals surface area contributed by atoms with Crippen molar-refractivity contribution in [2.24, 2.45) is 0 Å². The highest BCUT2D eigenvalue weighted by Gasteiger charge is 2.52. The summed E-state index contributed by atoms with van der Waals surface area (Å²) in [6.45, 7) is 3.34. The van der Waals surface area contributed by atoms with Gasteiger partial charge in [-0.15, -0.1) is 0 Å². The van der Waals surface area contributed by atoms with Crippen molar-refractivity contribution in [3.63, 3.8) is 0 Å². The fourth-order valence-electron chi connectivity index (χ4n) is 4.77. The molecule has 3 aromatic rings. The van der Waals surface area contributed by atoms with Gasteiger partial charge in [0.1, 0.15) is 31.1 Å². The molecule has 4 rings (SSSR count). The first-order chi connectivity index (χ1) is 22.1. The van der Waals surface area contributed by atoms with Crippen LogP contribution >= 0.6 is 0 Å². The van der Waals surface area contributed by atoms with Crippen LogP contribution in [0.2, 0.25) is 0 Å². The van der Waals surface area contributed by atoms with E-state index in [1.807, 2.05) is 30.3 Å². The third-order valence-electron chi connectivity index (χ3n) is 6.80. The monoisotopic (exact) mass is 633 g/mol. The van der Waals surface area contributed by atoms with Crippen LogP contribution < -0.4 is 10.1 Å². The van der Waals surface area contributed by atoms with Gasteiger partial charge in [0.05, 0.1) is 6.42 Å². The molecular weight excluding hydrogens is 598 g/mol. The van der Waals surface area contributed by atoms with Crippen LogP contribution in [0, 0.1) is 0 Å². The van der Waals surface area contributed by atoms with E-state index in [0.29, 0.717) is 17.9 Å². The molecule has 12 nitrogen and oxygen atoms in total. The van der Waals surface area contributed by atoms with E-state index in [4.69, 9.17) is 28.4 Å². The second-order valence-corrected chi connectivity index (χ2v) is 10.4. The van der Waals surface area contributed by atoms with Gasteiger partial charge >= 0.3 is 23.9 Å². The van der Waals surface area contributed by atoms with Crippen molar-refractivity contribution in [3.05, 3.63) is 102 Å². The summed E-state index contributed by atoms with van der Waals surface area (Å²) < 4.78 is 33.6. The van der Waals surface area contributed by atoms with Gasteiger partial charge in [-0.25, -0.2) is 0 Å². The fraction of sp³-hybridized carbons (Fsp3) is 0.324. The molecule has 0 bridgehead atoms. The second-order valence-electron chi connectivity index (χ2n) is 10.4. The molecule has 1 aliphatic heterocycles. The lowest BCUT2D eigenvalue weighted by atomic mass is 9.95. The number of carbonyl (C=O) groups is 5. The number of hydrogen-bond acceptors (Lipinski definition) is 11. The normalized spacial score (nSPS) is 20.5. The summed E-state index contributed by atoms with van der Waals surface area (Å²) in [7, 11) is 0. The first kappa shape index (κ1) is 33.7. The van der Waals surface area contributed by atoms with Gasteiger partial charge in [0, 0.05) is 26.3 Å². The average molecular weight is 634 g/mol. The summed E-state index contributed by atoms with van der Waals surface area (Å²) in [6, 6.07) is 23.3. The third kappa shape index (κ3) is 9.89. The molecule has 46 heavy (non-hydrogen) atoms. The Balaban J connectivity index is 1.59. The van der Waals surface area contributed by atoms with Crippen LogP contribution in [0.4, 0.5) is 0 Å². The van der Waals surface area contributed by atoms with Gasteiger partial charge in [0.25, 0.3) is 5.91 Å². The van der Waals surface area contributed by atoms with Gasteiger partial charge in [-0.1, -0.05) is 60.7 Å². The molecule has 1 aliphatic rings. The van der Waals surface area contributed by atoms with E-state index < -0.39 is 67.0 Å². The Morgan fingerprint density at radius 3 is 1.87 bits per heavy atom. The minimum atomic E-state index is -1.54. The van der Waals surface area contributed by atoms with Crippen LogP contribution in [0.15, 0.2) is 84.9 Å². The minimum Gasteiger partial charge on any atom is -0.489 e. The summed E-state index contributed by atoms with van der Waals surface area (Å²) in [5.41, 5.74) is 1.83. The van der Waals surface area contributed by atoms with E-state index in [2.05, 4.69) is 5.32 Å². The molecule has 3 aromatic carbocycles. The summed E-state index contributed by atoms with van der Waals surface area (Å²) in [6.07, 6.45) is -5.63. The maximum atomic E-state index is 13.5. The van der Waals surface area contributed by atoms with Crippen molar-refractivity contribution in [1.29, 1.82) is 0 Å². The Bertz CT molecular complexity index is 1490. The van der Waals surface area contributed by atoms with Gasteiger partial charge in [-0.3, -0.25) is 24.0 Å². The van der Waals surface area contributed by atoms with Crippen molar-refractivity contribution < 1.29 is 52.4 Å². The largest absolute Gasteiger partial charge is 0.489 e. The number of ether oxygens (including phenoxy) is 6. The highest BCUT2D eigenvalue weighted by atomic mass is 16.7. The Hall–Kier alpha value is -5.23. The molecule has 5 atom stereocenters. The lowest BCUT2D eigenvalue weighted by Gasteiger charge is -2.44. The average Bonchev–Trinajstić information content (AvgIpc) is 3.02. The SMILES string of the molecule is CC(=O)OC[C@@H]1O[C@H](OC(=O)Cc2ccccc2)[C@H](NC(=O)c2ccc(OCc3ccccc3)cc2)[C@H](OC(C)=O)[C@H]1OC(C)=O. The van der Waals surface area contributed by atoms with E-state index in [9.17, 15) is 24.0 Å². The Morgan fingerprint density at radius 2 is 1.28 bits per heavy atom. The maximum absolute atomic E-state index is 13.5. The summed E-state index contributed by atoms with van der Waals surface area (Å²) >= 11 is 0. The van der Waals surface area contributed by atoms with Crippen LogP contribution in [0.3, 0.4) is 0 Å². The van der Waals surface area contributed by atoms with E-state index in [0.717, 1.165) is 19.4 Å². The predicted octanol–water partition coefficient (Wildman–Crippen LogP) is 3.30. The first-order valence-electron chi connectivity index (χ1n) is 14.5. The highest BCUT2D eigenvalue weighted by Crippen LogP contribution is 2.29. The molecule has 1 saturated heterocycles. The standard InChI is InChI=1S/C34H35NO11/c1-21(36)41-20-28-31(43-22(2)37)32(44-23(3)38)30(34(45-28)46-29(39)18-24-10-6-4-7-11-24)35-33(40)26-14-16-27(17-15-26)42-19-25-12-8-5-9-13-25/h4-17,28,30-32,34H,18-20H2,1-3H3,(H,35,40)/t28-,30+,31-,32-,34+/m0/s1. The van der Waals surface area contributed by atoms with Gasteiger partial charge in [0.15, 0.2) is 12.2 Å². The van der Waals surface area contributed by atoms with E-state index in [1.165, 1.54) is 19.1 Å². The van der Waals surface area contributed by atoms with E-state index in [1.54, 1.807) is 42.5 Å². The number of hydrogen-bond donors (Lipinski definition) is 1. The van der Waals surface area contributed by atoms with Gasteiger partial charge < -0.3 is 33.7 Å². The fourth-order valence-corrected chi connectivity index (χ4v) is 4.77. The number of amides is 1. The van der Waals surface area contributed by atoms with Crippen molar-refractivity contribution in [2.45, 2.75) is 64.4 Å². The number of carbonyl (C=O) groups excluding carboxylic acids is 5. The second kappa shape index (κ2) is 16.2. The summed E-state index contributed by atoms with van der Waals surface area (Å²) in [5, 5.41) is 2.72. The van der Waals surface area contributed by atoms with Crippen molar-refractivity contribution in [3.8, 4) is 5.75 Å². The molecule has 1 amide bonds. The molecule has 12 heteroatoms. The van der Waals surface area contributed by atoms with Crippen molar-refractivity contribution >= 4 is 29.8 Å². The predicted molar refractivity (Wildman–Crippen MR) is 161 cm³/mol. The maximum Gasteiger partial charge on any atom is 0.312 e. The van der Waals surface area contributed by atoms with Gasteiger partial charge in [-0.2, -0.15) is 0 Å². The van der Waals surface area contributed by atoms with Crippen LogP contribution in [0.25, 0.3) is 0 Å². The zero-order valence-corrected chi connectivity index (χ0v) is 25.6.